The van der Waals surface area contributed by atoms with Crippen LogP contribution in [0.15, 0.2) is 51.4 Å². The van der Waals surface area contributed by atoms with Gasteiger partial charge in [-0.05, 0) is 36.4 Å². The van der Waals surface area contributed by atoms with Gasteiger partial charge >= 0.3 is 0 Å². The van der Waals surface area contributed by atoms with E-state index in [-0.39, 0.29) is 22.3 Å². The van der Waals surface area contributed by atoms with E-state index in [1.807, 2.05) is 0 Å². The first kappa shape index (κ1) is 21.6. The van der Waals surface area contributed by atoms with E-state index in [4.69, 9.17) is 0 Å². The van der Waals surface area contributed by atoms with Gasteiger partial charge in [-0.3, -0.25) is 14.9 Å². The fourth-order valence-electron chi connectivity index (χ4n) is 3.34. The Balaban J connectivity index is 1.42. The van der Waals surface area contributed by atoms with Crippen LogP contribution in [0.3, 0.4) is 0 Å². The first-order valence-corrected chi connectivity index (χ1v) is 12.6. The molecule has 1 amide bonds. The molecule has 2 aromatic heterocycles. The second-order valence-electron chi connectivity index (χ2n) is 6.97. The molecular weight excluding hydrogens is 460 g/mol. The first-order chi connectivity index (χ1) is 14.8. The van der Waals surface area contributed by atoms with Crippen molar-refractivity contribution in [1.82, 2.24) is 9.29 Å². The molecule has 1 aliphatic rings. The molecule has 4 rings (SSSR count). The number of rotatable bonds is 6. The molecule has 1 N–H and O–H groups in total. The number of nitrogens with zero attached hydrogens (tertiary/aromatic N) is 3. The number of amides is 1. The van der Waals surface area contributed by atoms with Crippen LogP contribution in [0, 0.1) is 16.0 Å². The maximum atomic E-state index is 12.8. The predicted octanol–water partition coefficient (Wildman–Crippen LogP) is 3.82. The molecule has 3 aromatic rings. The summed E-state index contributed by atoms with van der Waals surface area (Å²) in [6, 6.07) is 9.27. The SMILES string of the molecule is O=C(Nc1nc(-c2ccc([N+](=O)[O-])cc2)cs1)C1CCCN(S(=O)(=O)c2cccs2)C1. The van der Waals surface area contributed by atoms with Gasteiger partial charge in [-0.15, -0.1) is 22.7 Å². The van der Waals surface area contributed by atoms with Gasteiger partial charge in [0.2, 0.25) is 5.91 Å². The monoisotopic (exact) mass is 478 g/mol. The van der Waals surface area contributed by atoms with Gasteiger partial charge in [-0.2, -0.15) is 4.31 Å². The molecule has 1 aromatic carbocycles. The number of hydrogen-bond donors (Lipinski definition) is 1. The van der Waals surface area contributed by atoms with Gasteiger partial charge in [0.25, 0.3) is 15.7 Å². The zero-order valence-electron chi connectivity index (χ0n) is 16.1. The van der Waals surface area contributed by atoms with E-state index >= 15 is 0 Å². The number of sulfonamides is 1. The molecule has 162 valence electrons. The largest absolute Gasteiger partial charge is 0.302 e. The molecule has 1 unspecified atom stereocenters. The van der Waals surface area contributed by atoms with E-state index in [9.17, 15) is 23.3 Å². The Hall–Kier alpha value is -2.67. The number of benzene rings is 1. The van der Waals surface area contributed by atoms with E-state index in [2.05, 4.69) is 10.3 Å². The Labute approximate surface area is 186 Å². The van der Waals surface area contributed by atoms with Crippen LogP contribution in [0.4, 0.5) is 10.8 Å². The second-order valence-corrected chi connectivity index (χ2v) is 10.9. The smallest absolute Gasteiger partial charge is 0.269 e. The Morgan fingerprint density at radius 1 is 1.23 bits per heavy atom. The summed E-state index contributed by atoms with van der Waals surface area (Å²) in [6.07, 6.45) is 1.21. The van der Waals surface area contributed by atoms with Crippen molar-refractivity contribution in [2.75, 3.05) is 18.4 Å². The van der Waals surface area contributed by atoms with Crippen LogP contribution in [-0.2, 0) is 14.8 Å². The highest BCUT2D eigenvalue weighted by molar-refractivity contribution is 7.91. The van der Waals surface area contributed by atoms with Gasteiger partial charge < -0.3 is 5.32 Å². The molecule has 12 heteroatoms. The van der Waals surface area contributed by atoms with Crippen molar-refractivity contribution < 1.29 is 18.1 Å². The molecule has 1 atom stereocenters. The Kier molecular flexibility index (Phi) is 6.14. The number of nitro benzene ring substituents is 1. The van der Waals surface area contributed by atoms with Gasteiger partial charge in [0.1, 0.15) is 4.21 Å². The van der Waals surface area contributed by atoms with Gasteiger partial charge in [-0.1, -0.05) is 6.07 Å². The third kappa shape index (κ3) is 4.66. The Bertz CT molecular complexity index is 1190. The molecule has 1 aliphatic heterocycles. The summed E-state index contributed by atoms with van der Waals surface area (Å²) < 4.78 is 27.2. The average molecular weight is 479 g/mol. The number of thiazole rings is 1. The van der Waals surface area contributed by atoms with Crippen LogP contribution < -0.4 is 5.32 Å². The zero-order chi connectivity index (χ0) is 22.0. The minimum atomic E-state index is -3.59. The van der Waals surface area contributed by atoms with Crippen molar-refractivity contribution in [1.29, 1.82) is 0 Å². The fourth-order valence-corrected chi connectivity index (χ4v) is 6.73. The molecule has 0 bridgehead atoms. The summed E-state index contributed by atoms with van der Waals surface area (Å²) in [7, 11) is -3.59. The lowest BCUT2D eigenvalue weighted by Crippen LogP contribution is -2.43. The highest BCUT2D eigenvalue weighted by atomic mass is 32.2. The normalized spacial score (nSPS) is 17.4. The summed E-state index contributed by atoms with van der Waals surface area (Å²) in [6.45, 7) is 0.526. The molecule has 1 fully saturated rings. The highest BCUT2D eigenvalue weighted by Crippen LogP contribution is 2.29. The standard InChI is InChI=1S/C19H18N4O5S3/c24-18(14-3-1-9-22(11-14)31(27,28)17-4-2-10-29-17)21-19-20-16(12-30-19)13-5-7-15(8-6-13)23(25)26/h2,4-8,10,12,14H,1,3,9,11H2,(H,20,21,24). The minimum absolute atomic E-state index is 0.00754. The van der Waals surface area contributed by atoms with Crippen molar-refractivity contribution in [3.8, 4) is 11.3 Å². The van der Waals surface area contributed by atoms with Crippen LogP contribution >= 0.6 is 22.7 Å². The number of piperidine rings is 1. The topological polar surface area (TPSA) is 123 Å². The Morgan fingerprint density at radius 2 is 2.00 bits per heavy atom. The van der Waals surface area contributed by atoms with E-state index in [0.29, 0.717) is 35.8 Å². The quantitative estimate of drug-likeness (QED) is 0.424. The van der Waals surface area contributed by atoms with Gasteiger partial charge in [0.05, 0.1) is 16.5 Å². The van der Waals surface area contributed by atoms with Gasteiger partial charge in [-0.25, -0.2) is 13.4 Å². The number of nitro groups is 1. The number of non-ortho nitro benzene ring substituents is 1. The molecule has 0 aliphatic carbocycles. The molecule has 0 spiro atoms. The number of carbonyl (C=O) groups is 1. The van der Waals surface area contributed by atoms with E-state index < -0.39 is 20.9 Å². The van der Waals surface area contributed by atoms with Crippen LogP contribution in [0.2, 0.25) is 0 Å². The number of aromatic nitrogens is 1. The van der Waals surface area contributed by atoms with E-state index in [0.717, 1.165) is 11.3 Å². The first-order valence-electron chi connectivity index (χ1n) is 9.39. The lowest BCUT2D eigenvalue weighted by molar-refractivity contribution is -0.384. The maximum Gasteiger partial charge on any atom is 0.269 e. The van der Waals surface area contributed by atoms with Gasteiger partial charge in [0, 0.05) is 36.2 Å². The molecule has 0 saturated carbocycles. The lowest BCUT2D eigenvalue weighted by atomic mass is 9.99. The van der Waals surface area contributed by atoms with Crippen molar-refractivity contribution >= 4 is 49.4 Å². The number of carbonyl (C=O) groups excluding carboxylic acids is 1. The lowest BCUT2D eigenvalue weighted by Gasteiger charge is -2.30. The van der Waals surface area contributed by atoms with Crippen LogP contribution in [0.1, 0.15) is 12.8 Å². The molecule has 0 radical (unpaired) electrons. The van der Waals surface area contributed by atoms with Crippen LogP contribution in [0.5, 0.6) is 0 Å². The zero-order valence-corrected chi connectivity index (χ0v) is 18.6. The minimum Gasteiger partial charge on any atom is -0.302 e. The number of anilines is 1. The van der Waals surface area contributed by atoms with Crippen LogP contribution in [0.25, 0.3) is 11.3 Å². The van der Waals surface area contributed by atoms with Crippen molar-refractivity contribution in [2.24, 2.45) is 5.92 Å². The summed E-state index contributed by atoms with van der Waals surface area (Å²) in [5, 5.41) is 17.4. The summed E-state index contributed by atoms with van der Waals surface area (Å²) >= 11 is 2.41. The average Bonchev–Trinajstić information content (AvgIpc) is 3.47. The third-order valence-electron chi connectivity index (χ3n) is 4.95. The fraction of sp³-hybridized carbons (Fsp3) is 0.263. The molecule has 1 saturated heterocycles. The number of hydrogen-bond acceptors (Lipinski definition) is 8. The number of nitrogens with one attached hydrogen (secondary N) is 1. The van der Waals surface area contributed by atoms with Crippen molar-refractivity contribution in [3.63, 3.8) is 0 Å². The molecule has 3 heterocycles. The van der Waals surface area contributed by atoms with Crippen molar-refractivity contribution in [3.05, 3.63) is 57.3 Å². The van der Waals surface area contributed by atoms with E-state index in [1.54, 1.807) is 35.0 Å². The third-order valence-corrected chi connectivity index (χ3v) is 8.95. The van der Waals surface area contributed by atoms with Crippen molar-refractivity contribution in [2.45, 2.75) is 17.1 Å². The predicted molar refractivity (Wildman–Crippen MR) is 119 cm³/mol. The van der Waals surface area contributed by atoms with E-state index in [1.165, 1.54) is 27.8 Å². The number of thiophene rings is 1. The second kappa shape index (κ2) is 8.83. The van der Waals surface area contributed by atoms with Crippen LogP contribution in [-0.4, -0.2) is 41.6 Å². The summed E-state index contributed by atoms with van der Waals surface area (Å²) in [5.74, 6) is -0.731. The Morgan fingerprint density at radius 3 is 2.68 bits per heavy atom. The summed E-state index contributed by atoms with van der Waals surface area (Å²) in [4.78, 5) is 27.4. The molecule has 31 heavy (non-hydrogen) atoms. The molecule has 9 nitrogen and oxygen atoms in total. The van der Waals surface area contributed by atoms with Gasteiger partial charge in [0.15, 0.2) is 5.13 Å². The maximum absolute atomic E-state index is 12.8. The summed E-state index contributed by atoms with van der Waals surface area (Å²) in [5.41, 5.74) is 1.29. The highest BCUT2D eigenvalue weighted by Gasteiger charge is 2.34. The molecular formula is C19H18N4O5S3.